The fourth-order valence-corrected chi connectivity index (χ4v) is 1.80. The summed E-state index contributed by atoms with van der Waals surface area (Å²) in [6.07, 6.45) is 1.86. The van der Waals surface area contributed by atoms with Crippen LogP contribution in [0, 0.1) is 10.8 Å². The van der Waals surface area contributed by atoms with E-state index in [1.54, 1.807) is 0 Å². The van der Waals surface area contributed by atoms with E-state index in [0.29, 0.717) is 13.2 Å². The zero-order chi connectivity index (χ0) is 11.2. The Morgan fingerprint density at radius 2 is 1.93 bits per heavy atom. The summed E-state index contributed by atoms with van der Waals surface area (Å²) in [5.74, 6) is 0. The molecule has 0 radical (unpaired) electrons. The highest BCUT2D eigenvalue weighted by atomic mass is 79.9. The number of ether oxygens (including phenoxy) is 1. The molecule has 0 amide bonds. The molecule has 14 heavy (non-hydrogen) atoms. The van der Waals surface area contributed by atoms with Gasteiger partial charge in [-0.25, -0.2) is 0 Å². The quantitative estimate of drug-likeness (QED) is 0.522. The van der Waals surface area contributed by atoms with Gasteiger partial charge in [0.15, 0.2) is 0 Å². The van der Waals surface area contributed by atoms with E-state index in [-0.39, 0.29) is 10.8 Å². The van der Waals surface area contributed by atoms with Crippen LogP contribution in [0.25, 0.3) is 0 Å². The Morgan fingerprint density at radius 1 is 1.36 bits per heavy atom. The Hall–Kier alpha value is 0.110. The minimum Gasteiger partial charge on any atom is -0.381 e. The van der Waals surface area contributed by atoms with Gasteiger partial charge in [0.1, 0.15) is 6.29 Å². The lowest BCUT2D eigenvalue weighted by molar-refractivity contribution is -0.120. The van der Waals surface area contributed by atoms with Crippen LogP contribution in [0.5, 0.6) is 0 Å². The zero-order valence-electron chi connectivity index (χ0n) is 9.60. The molecule has 2 nitrogen and oxygen atoms in total. The summed E-state index contributed by atoms with van der Waals surface area (Å²) in [4.78, 5) is 11.0. The summed E-state index contributed by atoms with van der Waals surface area (Å²) >= 11 is 3.46. The number of aldehydes is 1. The third-order valence-corrected chi connectivity index (χ3v) is 3.68. The van der Waals surface area contributed by atoms with Crippen LogP contribution >= 0.6 is 15.9 Å². The van der Waals surface area contributed by atoms with Crippen molar-refractivity contribution >= 4 is 22.2 Å². The van der Waals surface area contributed by atoms with Gasteiger partial charge in [0, 0.05) is 17.4 Å². The molecule has 0 aromatic carbocycles. The SMILES string of the molecule is CCOC[C@@](C)(C=O)CC(C)(C)CBr. The monoisotopic (exact) mass is 264 g/mol. The Bertz CT molecular complexity index is 180. The molecule has 0 saturated carbocycles. The van der Waals surface area contributed by atoms with Crippen LogP contribution < -0.4 is 0 Å². The van der Waals surface area contributed by atoms with Gasteiger partial charge in [-0.15, -0.1) is 0 Å². The predicted molar refractivity (Wildman–Crippen MR) is 62.9 cm³/mol. The van der Waals surface area contributed by atoms with Crippen LogP contribution in [0.15, 0.2) is 0 Å². The lowest BCUT2D eigenvalue weighted by Gasteiger charge is -2.32. The second-order valence-corrected chi connectivity index (χ2v) is 5.44. The molecule has 1 atom stereocenters. The largest absolute Gasteiger partial charge is 0.381 e. The van der Waals surface area contributed by atoms with Crippen LogP contribution in [0.3, 0.4) is 0 Å². The molecule has 0 aliphatic rings. The minimum atomic E-state index is -0.354. The number of alkyl halides is 1. The molecule has 3 heteroatoms. The summed E-state index contributed by atoms with van der Waals surface area (Å²) in [5, 5.41) is 0.898. The smallest absolute Gasteiger partial charge is 0.128 e. The first-order chi connectivity index (χ1) is 6.39. The average Bonchev–Trinajstić information content (AvgIpc) is 2.14. The van der Waals surface area contributed by atoms with Crippen molar-refractivity contribution in [2.24, 2.45) is 10.8 Å². The summed E-state index contributed by atoms with van der Waals surface area (Å²) in [7, 11) is 0. The maximum absolute atomic E-state index is 11.0. The van der Waals surface area contributed by atoms with Crippen molar-refractivity contribution in [3.63, 3.8) is 0 Å². The maximum atomic E-state index is 11.0. The molecule has 0 heterocycles. The molecule has 0 spiro atoms. The van der Waals surface area contributed by atoms with Gasteiger partial charge >= 0.3 is 0 Å². The standard InChI is InChI=1S/C11H21BrO2/c1-5-14-9-11(4,8-13)6-10(2,3)7-12/h8H,5-7,9H2,1-4H3/t11-/m1/s1. The Morgan fingerprint density at radius 3 is 2.29 bits per heavy atom. The molecule has 0 N–H and O–H groups in total. The van der Waals surface area contributed by atoms with Gasteiger partial charge < -0.3 is 9.53 Å². The highest BCUT2D eigenvalue weighted by molar-refractivity contribution is 9.09. The molecule has 0 bridgehead atoms. The first kappa shape index (κ1) is 14.1. The number of hydrogen-bond donors (Lipinski definition) is 0. The fraction of sp³-hybridized carbons (Fsp3) is 0.909. The average molecular weight is 265 g/mol. The molecule has 0 aliphatic heterocycles. The highest BCUT2D eigenvalue weighted by Crippen LogP contribution is 2.34. The normalized spacial score (nSPS) is 16.4. The van der Waals surface area contributed by atoms with Crippen LogP contribution in [-0.2, 0) is 9.53 Å². The summed E-state index contributed by atoms with van der Waals surface area (Å²) in [6.45, 7) is 9.38. The van der Waals surface area contributed by atoms with E-state index in [1.807, 2.05) is 13.8 Å². The lowest BCUT2D eigenvalue weighted by Crippen LogP contribution is -2.32. The van der Waals surface area contributed by atoms with Gasteiger partial charge in [-0.3, -0.25) is 0 Å². The van der Waals surface area contributed by atoms with E-state index in [1.165, 1.54) is 0 Å². The first-order valence-electron chi connectivity index (χ1n) is 4.99. The Kier molecular flexibility index (Phi) is 5.91. The summed E-state index contributed by atoms with van der Waals surface area (Å²) in [5.41, 5.74) is -0.222. The number of rotatable bonds is 7. The van der Waals surface area contributed by atoms with Gasteiger partial charge in [-0.2, -0.15) is 0 Å². The van der Waals surface area contributed by atoms with E-state index < -0.39 is 0 Å². The van der Waals surface area contributed by atoms with Crippen LogP contribution in [0.1, 0.15) is 34.1 Å². The molecular formula is C11H21BrO2. The first-order valence-corrected chi connectivity index (χ1v) is 6.11. The van der Waals surface area contributed by atoms with Gasteiger partial charge in [-0.1, -0.05) is 36.7 Å². The van der Waals surface area contributed by atoms with E-state index in [0.717, 1.165) is 18.0 Å². The van der Waals surface area contributed by atoms with Gasteiger partial charge in [-0.05, 0) is 18.8 Å². The van der Waals surface area contributed by atoms with Crippen molar-refractivity contribution in [3.8, 4) is 0 Å². The van der Waals surface area contributed by atoms with E-state index in [9.17, 15) is 4.79 Å². The third kappa shape index (κ3) is 5.11. The van der Waals surface area contributed by atoms with Gasteiger partial charge in [0.05, 0.1) is 6.61 Å². The molecule has 0 saturated heterocycles. The second-order valence-electron chi connectivity index (χ2n) is 4.88. The maximum Gasteiger partial charge on any atom is 0.128 e. The molecule has 0 aromatic heterocycles. The van der Waals surface area contributed by atoms with E-state index in [2.05, 4.69) is 29.8 Å². The number of carbonyl (C=O) groups excluding carboxylic acids is 1. The van der Waals surface area contributed by atoms with Gasteiger partial charge in [0.2, 0.25) is 0 Å². The van der Waals surface area contributed by atoms with Crippen molar-refractivity contribution < 1.29 is 9.53 Å². The predicted octanol–water partition coefficient (Wildman–Crippen LogP) is 3.04. The van der Waals surface area contributed by atoms with Gasteiger partial charge in [0.25, 0.3) is 0 Å². The van der Waals surface area contributed by atoms with Crippen molar-refractivity contribution in [2.75, 3.05) is 18.5 Å². The topological polar surface area (TPSA) is 26.3 Å². The third-order valence-electron chi connectivity index (χ3n) is 2.16. The minimum absolute atomic E-state index is 0.132. The second kappa shape index (κ2) is 5.86. The zero-order valence-corrected chi connectivity index (χ0v) is 11.2. The molecule has 0 unspecified atom stereocenters. The highest BCUT2D eigenvalue weighted by Gasteiger charge is 2.31. The van der Waals surface area contributed by atoms with Crippen LogP contribution in [-0.4, -0.2) is 24.8 Å². The number of hydrogen-bond acceptors (Lipinski definition) is 2. The lowest BCUT2D eigenvalue weighted by atomic mass is 9.76. The molecule has 84 valence electrons. The van der Waals surface area contributed by atoms with Crippen molar-refractivity contribution in [1.82, 2.24) is 0 Å². The van der Waals surface area contributed by atoms with Crippen molar-refractivity contribution in [1.29, 1.82) is 0 Å². The Balaban J connectivity index is 4.31. The molecule has 0 aromatic rings. The number of carbonyl (C=O) groups is 1. The van der Waals surface area contributed by atoms with Crippen LogP contribution in [0.4, 0.5) is 0 Å². The molecular weight excluding hydrogens is 244 g/mol. The summed E-state index contributed by atoms with van der Waals surface area (Å²) < 4.78 is 5.33. The summed E-state index contributed by atoms with van der Waals surface area (Å²) in [6, 6.07) is 0. The van der Waals surface area contributed by atoms with Crippen LogP contribution in [0.2, 0.25) is 0 Å². The number of halogens is 1. The van der Waals surface area contributed by atoms with E-state index in [4.69, 9.17) is 4.74 Å². The fourth-order valence-electron chi connectivity index (χ4n) is 1.60. The molecule has 0 fully saturated rings. The van der Waals surface area contributed by atoms with Crippen molar-refractivity contribution in [3.05, 3.63) is 0 Å². The molecule has 0 rings (SSSR count). The Labute approximate surface area is 95.5 Å². The van der Waals surface area contributed by atoms with Crippen molar-refractivity contribution in [2.45, 2.75) is 34.1 Å². The van der Waals surface area contributed by atoms with E-state index >= 15 is 0 Å². The molecule has 0 aliphatic carbocycles.